The maximum absolute atomic E-state index is 13.5. The Morgan fingerprint density at radius 3 is 2.35 bits per heavy atom. The second-order valence-electron chi connectivity index (χ2n) is 10.7. The van der Waals surface area contributed by atoms with E-state index in [1.54, 1.807) is 29.2 Å². The molecule has 40 heavy (non-hydrogen) atoms. The van der Waals surface area contributed by atoms with Gasteiger partial charge in [-0.3, -0.25) is 23.7 Å². The van der Waals surface area contributed by atoms with Gasteiger partial charge in [0.1, 0.15) is 27.6 Å². The topological polar surface area (TPSA) is 148 Å². The maximum atomic E-state index is 13.5. The monoisotopic (exact) mass is 587 g/mol. The average Bonchev–Trinajstić information content (AvgIpc) is 2.87. The lowest BCUT2D eigenvalue weighted by molar-refractivity contribution is -0.142. The van der Waals surface area contributed by atoms with Gasteiger partial charge in [-0.05, 0) is 35.2 Å². The van der Waals surface area contributed by atoms with E-state index in [1.807, 2.05) is 13.8 Å². The molecular formula is C27H30ClN5O6S. The Hall–Kier alpha value is -3.77. The van der Waals surface area contributed by atoms with Crippen molar-refractivity contribution in [3.8, 4) is 0 Å². The molecule has 2 N–H and O–H groups in total. The normalized spacial score (nSPS) is 14.4. The fourth-order valence-electron chi connectivity index (χ4n) is 4.43. The number of carbonyl (C=O) groups excluding carboxylic acids is 3. The van der Waals surface area contributed by atoms with E-state index in [0.717, 1.165) is 16.4 Å². The third kappa shape index (κ3) is 7.05. The third-order valence-corrected chi connectivity index (χ3v) is 7.64. The second-order valence-corrected chi connectivity index (χ2v) is 13.4. The van der Waals surface area contributed by atoms with Crippen LogP contribution in [0.25, 0.3) is 11.0 Å². The van der Waals surface area contributed by atoms with E-state index in [2.05, 4.69) is 15.6 Å². The summed E-state index contributed by atoms with van der Waals surface area (Å²) in [6.45, 7) is 4.89. The number of pyridine rings is 2. The first kappa shape index (κ1) is 29.2. The van der Waals surface area contributed by atoms with E-state index < -0.39 is 27.2 Å². The van der Waals surface area contributed by atoms with Gasteiger partial charge in [-0.25, -0.2) is 13.4 Å². The van der Waals surface area contributed by atoms with E-state index in [1.165, 1.54) is 18.3 Å². The van der Waals surface area contributed by atoms with Gasteiger partial charge in [0.2, 0.25) is 5.91 Å². The van der Waals surface area contributed by atoms with Crippen LogP contribution in [0.2, 0.25) is 5.02 Å². The molecule has 0 saturated carbocycles. The smallest absolute Gasteiger partial charge is 0.265 e. The summed E-state index contributed by atoms with van der Waals surface area (Å²) < 4.78 is 23.9. The molecule has 3 aromatic rings. The summed E-state index contributed by atoms with van der Waals surface area (Å²) in [5.41, 5.74) is 0.101. The van der Waals surface area contributed by atoms with Crippen LogP contribution in [0.4, 0.5) is 0 Å². The third-order valence-electron chi connectivity index (χ3n) is 6.44. The molecule has 0 spiro atoms. The van der Waals surface area contributed by atoms with Gasteiger partial charge < -0.3 is 15.5 Å². The van der Waals surface area contributed by atoms with Gasteiger partial charge >= 0.3 is 0 Å². The minimum Gasteiger partial charge on any atom is -0.351 e. The molecule has 13 heteroatoms. The number of nitrogens with one attached hydrogen (secondary N) is 2. The van der Waals surface area contributed by atoms with Gasteiger partial charge in [0.05, 0.1) is 11.3 Å². The van der Waals surface area contributed by atoms with E-state index >= 15 is 0 Å². The van der Waals surface area contributed by atoms with Crippen molar-refractivity contribution < 1.29 is 22.8 Å². The van der Waals surface area contributed by atoms with Crippen molar-refractivity contribution in [2.75, 3.05) is 31.6 Å². The fourth-order valence-corrected chi connectivity index (χ4v) is 5.03. The Bertz CT molecular complexity index is 1640. The first-order chi connectivity index (χ1) is 18.7. The largest absolute Gasteiger partial charge is 0.351 e. The van der Waals surface area contributed by atoms with Crippen molar-refractivity contribution >= 4 is 50.2 Å². The molecule has 0 aliphatic carbocycles. The number of aromatic nitrogens is 2. The lowest BCUT2D eigenvalue weighted by Gasteiger charge is -2.45. The lowest BCUT2D eigenvalue weighted by Crippen LogP contribution is -2.56. The Morgan fingerprint density at radius 2 is 1.73 bits per heavy atom. The average molecular weight is 588 g/mol. The van der Waals surface area contributed by atoms with E-state index in [0.29, 0.717) is 23.5 Å². The van der Waals surface area contributed by atoms with Crippen molar-refractivity contribution in [1.82, 2.24) is 25.1 Å². The molecule has 0 unspecified atom stereocenters. The van der Waals surface area contributed by atoms with Crippen LogP contribution in [0, 0.1) is 5.41 Å². The van der Waals surface area contributed by atoms with Gasteiger partial charge in [-0.2, -0.15) is 0 Å². The summed E-state index contributed by atoms with van der Waals surface area (Å²) in [6.07, 6.45) is 2.31. The zero-order valence-corrected chi connectivity index (χ0v) is 23.9. The zero-order valence-electron chi connectivity index (χ0n) is 22.4. The number of rotatable bonds is 9. The highest BCUT2D eigenvalue weighted by molar-refractivity contribution is 7.90. The Kier molecular flexibility index (Phi) is 8.31. The number of hydrogen-bond donors (Lipinski definition) is 2. The van der Waals surface area contributed by atoms with Crippen molar-refractivity contribution in [1.29, 1.82) is 0 Å². The van der Waals surface area contributed by atoms with Crippen molar-refractivity contribution in [3.05, 3.63) is 74.7 Å². The number of amides is 3. The van der Waals surface area contributed by atoms with Gasteiger partial charge in [0, 0.05) is 49.0 Å². The highest BCUT2D eigenvalue weighted by atomic mass is 35.5. The highest BCUT2D eigenvalue weighted by Gasteiger charge is 2.37. The van der Waals surface area contributed by atoms with E-state index in [9.17, 15) is 27.6 Å². The first-order valence-corrected chi connectivity index (χ1v) is 15.0. The Morgan fingerprint density at radius 1 is 1.05 bits per heavy atom. The summed E-state index contributed by atoms with van der Waals surface area (Å²) in [5.74, 6) is -1.74. The number of fused-ring (bicyclic) bond motifs is 1. The van der Waals surface area contributed by atoms with Crippen LogP contribution in [0.15, 0.2) is 47.4 Å². The first-order valence-electron chi connectivity index (χ1n) is 12.5. The predicted molar refractivity (Wildman–Crippen MR) is 151 cm³/mol. The standard InChI is InChI=1S/C27H30ClN5O6S/c1-27(2)15-32(16-27)22(34)14-33-23-18(10-19(13-30-23)24(35)29-8-9-40(3,38)39)11-21(26(33)37)25(36)31-12-17-4-6-20(28)7-5-17/h4-7,10-11,13H,8-9,12,14-16H2,1-3H3,(H,29,35)(H,31,36). The molecule has 0 atom stereocenters. The number of halogens is 1. The van der Waals surface area contributed by atoms with Gasteiger partial charge in [0.25, 0.3) is 17.4 Å². The molecule has 3 amide bonds. The van der Waals surface area contributed by atoms with Crippen LogP contribution < -0.4 is 16.2 Å². The molecule has 1 saturated heterocycles. The maximum Gasteiger partial charge on any atom is 0.265 e. The molecule has 0 bridgehead atoms. The van der Waals surface area contributed by atoms with Crippen LogP contribution in [-0.2, 0) is 27.7 Å². The van der Waals surface area contributed by atoms with E-state index in [4.69, 9.17) is 11.6 Å². The second kappa shape index (κ2) is 11.4. The summed E-state index contributed by atoms with van der Waals surface area (Å²) in [4.78, 5) is 58.1. The molecule has 2 aromatic heterocycles. The fraction of sp³-hybridized carbons (Fsp3) is 0.370. The number of nitrogens with zero attached hydrogens (tertiary/aromatic N) is 3. The zero-order chi connectivity index (χ0) is 29.2. The lowest BCUT2D eigenvalue weighted by atomic mass is 9.84. The molecule has 1 aliphatic rings. The summed E-state index contributed by atoms with van der Waals surface area (Å²) in [6, 6.07) is 9.64. The number of likely N-dealkylation sites (tertiary alicyclic amines) is 1. The van der Waals surface area contributed by atoms with Crippen LogP contribution in [0.1, 0.15) is 40.1 Å². The summed E-state index contributed by atoms with van der Waals surface area (Å²) in [7, 11) is -3.27. The molecule has 3 heterocycles. The van der Waals surface area contributed by atoms with Gasteiger partial charge in [0.15, 0.2) is 0 Å². The SMILES string of the molecule is CC1(C)CN(C(=O)Cn2c(=O)c(C(=O)NCc3ccc(Cl)cc3)cc3cc(C(=O)NCCS(C)(=O)=O)cnc32)C1. The summed E-state index contributed by atoms with van der Waals surface area (Å²) in [5, 5.41) is 6.07. The highest BCUT2D eigenvalue weighted by Crippen LogP contribution is 2.28. The van der Waals surface area contributed by atoms with Crippen molar-refractivity contribution in [3.63, 3.8) is 0 Å². The molecule has 1 aromatic carbocycles. The summed E-state index contributed by atoms with van der Waals surface area (Å²) >= 11 is 5.92. The van der Waals surface area contributed by atoms with Crippen LogP contribution in [0.5, 0.6) is 0 Å². The molecule has 0 radical (unpaired) electrons. The minimum absolute atomic E-state index is 0.0102. The number of carbonyl (C=O) groups is 3. The number of benzene rings is 1. The molecule has 11 nitrogen and oxygen atoms in total. The van der Waals surface area contributed by atoms with Crippen molar-refractivity contribution in [2.24, 2.45) is 5.41 Å². The molecule has 1 aliphatic heterocycles. The van der Waals surface area contributed by atoms with Crippen LogP contribution >= 0.6 is 11.6 Å². The molecule has 1 fully saturated rings. The molecular weight excluding hydrogens is 558 g/mol. The van der Waals surface area contributed by atoms with Crippen LogP contribution in [0.3, 0.4) is 0 Å². The Labute approximate surface area is 236 Å². The predicted octanol–water partition coefficient (Wildman–Crippen LogP) is 1.62. The number of sulfone groups is 1. The van der Waals surface area contributed by atoms with Gasteiger partial charge in [-0.15, -0.1) is 0 Å². The van der Waals surface area contributed by atoms with Gasteiger partial charge in [-0.1, -0.05) is 37.6 Å². The minimum atomic E-state index is -3.27. The Balaban J connectivity index is 1.66. The molecule has 4 rings (SSSR count). The van der Waals surface area contributed by atoms with Crippen LogP contribution in [-0.4, -0.2) is 72.2 Å². The van der Waals surface area contributed by atoms with Crippen molar-refractivity contribution in [2.45, 2.75) is 26.9 Å². The van der Waals surface area contributed by atoms with E-state index in [-0.39, 0.29) is 53.5 Å². The number of hydrogen-bond acceptors (Lipinski definition) is 7. The molecule has 212 valence electrons. The quantitative estimate of drug-likeness (QED) is 0.386.